The van der Waals surface area contributed by atoms with Crippen LogP contribution >= 0.6 is 0 Å². The van der Waals surface area contributed by atoms with Crippen molar-refractivity contribution in [3.8, 4) is 11.1 Å². The third-order valence-corrected chi connectivity index (χ3v) is 7.27. The molecule has 3 aliphatic rings. The van der Waals surface area contributed by atoms with Crippen molar-refractivity contribution in [2.24, 2.45) is 0 Å². The van der Waals surface area contributed by atoms with Crippen molar-refractivity contribution < 1.29 is 13.9 Å². The molecule has 4 heterocycles. The van der Waals surface area contributed by atoms with Crippen molar-refractivity contribution in [2.45, 2.75) is 43.9 Å². The molecule has 0 atom stereocenters. The third-order valence-electron chi connectivity index (χ3n) is 7.27. The van der Waals surface area contributed by atoms with Crippen LogP contribution in [0.5, 0.6) is 0 Å². The Balaban J connectivity index is 1.12. The van der Waals surface area contributed by atoms with Gasteiger partial charge in [-0.2, -0.15) is 0 Å². The Bertz CT molecular complexity index is 1200. The van der Waals surface area contributed by atoms with E-state index in [1.807, 2.05) is 35.2 Å². The van der Waals surface area contributed by atoms with E-state index in [9.17, 15) is 9.18 Å². The lowest BCUT2D eigenvalue weighted by atomic mass is 9.89. The summed E-state index contributed by atoms with van der Waals surface area (Å²) in [5, 5.41) is 1.06. The topological polar surface area (TPSA) is 58.6 Å². The predicted molar refractivity (Wildman–Crippen MR) is 123 cm³/mol. The fraction of sp³-hybridized carbons (Fsp3) is 0.423. The summed E-state index contributed by atoms with van der Waals surface area (Å²) in [5.74, 6) is -0.160. The van der Waals surface area contributed by atoms with Crippen LogP contribution in [0.25, 0.3) is 22.0 Å². The van der Waals surface area contributed by atoms with Gasteiger partial charge in [-0.3, -0.25) is 19.7 Å². The van der Waals surface area contributed by atoms with E-state index in [0.29, 0.717) is 24.8 Å². The Labute approximate surface area is 192 Å². The van der Waals surface area contributed by atoms with Gasteiger partial charge in [0, 0.05) is 49.0 Å². The molecule has 2 aromatic heterocycles. The number of morpholine rings is 1. The summed E-state index contributed by atoms with van der Waals surface area (Å²) in [6.07, 6.45) is 7.45. The predicted octanol–water partition coefficient (Wildman–Crippen LogP) is 3.79. The zero-order valence-corrected chi connectivity index (χ0v) is 18.5. The van der Waals surface area contributed by atoms with E-state index < -0.39 is 0 Å². The normalized spacial score (nSPS) is 21.1. The highest BCUT2D eigenvalue weighted by atomic mass is 19.1. The number of pyridine rings is 2. The summed E-state index contributed by atoms with van der Waals surface area (Å²) in [6, 6.07) is 11.9. The van der Waals surface area contributed by atoms with E-state index in [0.717, 1.165) is 60.8 Å². The van der Waals surface area contributed by atoms with E-state index in [1.54, 1.807) is 18.5 Å². The second kappa shape index (κ2) is 8.15. The smallest absolute Gasteiger partial charge is 0.248 e. The molecule has 0 N–H and O–H groups in total. The first-order valence-corrected chi connectivity index (χ1v) is 11.7. The van der Waals surface area contributed by atoms with Crippen LogP contribution in [0.4, 0.5) is 4.39 Å². The van der Waals surface area contributed by atoms with Crippen LogP contribution in [0.3, 0.4) is 0 Å². The number of rotatable bonds is 4. The van der Waals surface area contributed by atoms with Gasteiger partial charge in [0.1, 0.15) is 12.4 Å². The van der Waals surface area contributed by atoms with Crippen LogP contribution in [0.15, 0.2) is 48.8 Å². The lowest BCUT2D eigenvalue weighted by Gasteiger charge is -2.47. The van der Waals surface area contributed by atoms with Crippen molar-refractivity contribution in [3.63, 3.8) is 0 Å². The lowest BCUT2D eigenvalue weighted by molar-refractivity contribution is -0.172. The highest BCUT2D eigenvalue weighted by Gasteiger charge is 2.46. The van der Waals surface area contributed by atoms with Crippen LogP contribution in [-0.2, 0) is 16.1 Å². The van der Waals surface area contributed by atoms with Gasteiger partial charge in [-0.15, -0.1) is 0 Å². The number of ether oxygens (including phenoxy) is 1. The number of halogens is 1. The maximum absolute atomic E-state index is 15.0. The number of carbonyl (C=O) groups is 1. The number of hydrogen-bond acceptors (Lipinski definition) is 5. The zero-order chi connectivity index (χ0) is 22.4. The Morgan fingerprint density at radius 3 is 2.73 bits per heavy atom. The van der Waals surface area contributed by atoms with Gasteiger partial charge in [0.15, 0.2) is 0 Å². The molecular weight excluding hydrogens is 419 g/mol. The number of fused-ring (bicyclic) bond motifs is 1. The largest absolute Gasteiger partial charge is 0.363 e. The molecule has 1 amide bonds. The minimum absolute atomic E-state index is 0.124. The number of piperidine rings is 1. The maximum atomic E-state index is 15.0. The summed E-state index contributed by atoms with van der Waals surface area (Å²) in [6.45, 7) is 3.00. The summed E-state index contributed by atoms with van der Waals surface area (Å²) in [4.78, 5) is 25.3. The molecule has 7 heteroatoms. The van der Waals surface area contributed by atoms with Crippen molar-refractivity contribution in [3.05, 3.63) is 60.3 Å². The molecule has 0 bridgehead atoms. The molecule has 1 saturated carbocycles. The molecule has 3 fully saturated rings. The van der Waals surface area contributed by atoms with E-state index in [2.05, 4.69) is 14.9 Å². The molecule has 170 valence electrons. The molecule has 33 heavy (non-hydrogen) atoms. The van der Waals surface area contributed by atoms with Gasteiger partial charge in [-0.25, -0.2) is 4.39 Å². The number of benzene rings is 1. The number of likely N-dealkylation sites (tertiary alicyclic amines) is 1. The van der Waals surface area contributed by atoms with Gasteiger partial charge >= 0.3 is 0 Å². The first-order valence-electron chi connectivity index (χ1n) is 11.7. The van der Waals surface area contributed by atoms with Crippen LogP contribution < -0.4 is 0 Å². The molecular formula is C26H27FN4O2. The third kappa shape index (κ3) is 4.11. The molecule has 2 saturated heterocycles. The van der Waals surface area contributed by atoms with E-state index in [1.165, 1.54) is 0 Å². The fourth-order valence-electron chi connectivity index (χ4n) is 5.08. The maximum Gasteiger partial charge on any atom is 0.248 e. The molecule has 1 aromatic carbocycles. The fourth-order valence-corrected chi connectivity index (χ4v) is 5.08. The molecule has 6 rings (SSSR count). The lowest BCUT2D eigenvalue weighted by Crippen LogP contribution is -2.59. The Hall–Kier alpha value is -2.90. The average molecular weight is 447 g/mol. The second-order valence-electron chi connectivity index (χ2n) is 9.56. The van der Waals surface area contributed by atoms with Gasteiger partial charge in [-0.1, -0.05) is 18.2 Å². The van der Waals surface area contributed by atoms with Crippen molar-refractivity contribution >= 4 is 16.8 Å². The number of aromatic nitrogens is 2. The molecule has 0 radical (unpaired) electrons. The van der Waals surface area contributed by atoms with E-state index in [-0.39, 0.29) is 23.9 Å². The quantitative estimate of drug-likeness (QED) is 0.610. The molecule has 1 spiro atoms. The first kappa shape index (κ1) is 20.7. The molecule has 1 aliphatic carbocycles. The number of amides is 1. The average Bonchev–Trinajstić information content (AvgIpc) is 3.69. The highest BCUT2D eigenvalue weighted by molar-refractivity contribution is 5.84. The van der Waals surface area contributed by atoms with E-state index >= 15 is 0 Å². The first-order chi connectivity index (χ1) is 16.1. The molecule has 0 unspecified atom stereocenters. The minimum atomic E-state index is -0.284. The summed E-state index contributed by atoms with van der Waals surface area (Å²) in [5.41, 5.74) is 2.76. The highest BCUT2D eigenvalue weighted by Crippen LogP contribution is 2.36. The second-order valence-corrected chi connectivity index (χ2v) is 9.56. The molecule has 3 aromatic rings. The van der Waals surface area contributed by atoms with Gasteiger partial charge in [0.2, 0.25) is 5.91 Å². The summed E-state index contributed by atoms with van der Waals surface area (Å²) >= 11 is 0. The monoisotopic (exact) mass is 446 g/mol. The molecule has 6 nitrogen and oxygen atoms in total. The van der Waals surface area contributed by atoms with Gasteiger partial charge in [0.25, 0.3) is 0 Å². The SMILES string of the molecule is O=C1COC2(CCN(Cc3ncc(-c4ccc5cccnc5c4)cc3F)CC2)CN1C1CC1. The van der Waals surface area contributed by atoms with Gasteiger partial charge in [0.05, 0.1) is 23.4 Å². The number of nitrogens with zero attached hydrogens (tertiary/aromatic N) is 4. The van der Waals surface area contributed by atoms with Gasteiger partial charge < -0.3 is 9.64 Å². The number of carbonyl (C=O) groups excluding carboxylic acids is 1. The van der Waals surface area contributed by atoms with Crippen LogP contribution in [-0.4, -0.2) is 63.6 Å². The Morgan fingerprint density at radius 1 is 1.09 bits per heavy atom. The summed E-state index contributed by atoms with van der Waals surface area (Å²) in [7, 11) is 0. The molecule has 2 aliphatic heterocycles. The van der Waals surface area contributed by atoms with Crippen LogP contribution in [0, 0.1) is 5.82 Å². The Morgan fingerprint density at radius 2 is 1.94 bits per heavy atom. The zero-order valence-electron chi connectivity index (χ0n) is 18.5. The van der Waals surface area contributed by atoms with E-state index in [4.69, 9.17) is 4.74 Å². The van der Waals surface area contributed by atoms with Gasteiger partial charge in [-0.05, 0) is 49.4 Å². The Kier molecular flexibility index (Phi) is 5.11. The number of hydrogen-bond donors (Lipinski definition) is 0. The van der Waals surface area contributed by atoms with Crippen molar-refractivity contribution in [1.82, 2.24) is 19.8 Å². The summed E-state index contributed by atoms with van der Waals surface area (Å²) < 4.78 is 21.0. The minimum Gasteiger partial charge on any atom is -0.363 e. The van der Waals surface area contributed by atoms with Crippen molar-refractivity contribution in [1.29, 1.82) is 0 Å². The standard InChI is InChI=1S/C26H27FN4O2/c27-22-12-20(19-4-3-18-2-1-9-28-23(18)13-19)14-29-24(22)15-30-10-7-26(8-11-30)17-31(21-5-6-21)25(32)16-33-26/h1-4,9,12-14,21H,5-8,10-11,15-17H2. The van der Waals surface area contributed by atoms with Crippen LogP contribution in [0.1, 0.15) is 31.4 Å². The van der Waals surface area contributed by atoms with Crippen LogP contribution in [0.2, 0.25) is 0 Å². The van der Waals surface area contributed by atoms with Crippen molar-refractivity contribution in [2.75, 3.05) is 26.2 Å².